The van der Waals surface area contributed by atoms with Crippen LogP contribution >= 0.6 is 22.6 Å². The average molecular weight is 430 g/mol. The largest absolute Gasteiger partial charge is 0.322 e. The van der Waals surface area contributed by atoms with E-state index in [1.54, 1.807) is 18.2 Å². The lowest BCUT2D eigenvalue weighted by Gasteiger charge is -2.09. The molecule has 0 bridgehead atoms. The van der Waals surface area contributed by atoms with Crippen molar-refractivity contribution >= 4 is 49.9 Å². The fourth-order valence-corrected chi connectivity index (χ4v) is 2.88. The Kier molecular flexibility index (Phi) is 5.07. The van der Waals surface area contributed by atoms with Gasteiger partial charge in [0.15, 0.2) is 0 Å². The molecular weight excluding hydrogens is 415 g/mol. The maximum Gasteiger partial charge on any atom is 0.255 e. The lowest BCUT2D eigenvalue weighted by Crippen LogP contribution is -2.14. The summed E-state index contributed by atoms with van der Waals surface area (Å²) in [6.07, 6.45) is 1.06. The second-order valence-electron chi connectivity index (χ2n) is 4.87. The Morgan fingerprint density at radius 1 is 1.09 bits per heavy atom. The molecule has 0 aliphatic rings. The molecule has 0 aromatic heterocycles. The minimum atomic E-state index is -3.37. The lowest BCUT2D eigenvalue weighted by atomic mass is 10.1. The van der Waals surface area contributed by atoms with Gasteiger partial charge in [0.1, 0.15) is 0 Å². The van der Waals surface area contributed by atoms with Crippen LogP contribution in [0.5, 0.6) is 0 Å². The summed E-state index contributed by atoms with van der Waals surface area (Å²) in [7, 11) is -3.37. The van der Waals surface area contributed by atoms with Crippen LogP contribution in [0.4, 0.5) is 11.4 Å². The first-order valence-corrected chi connectivity index (χ1v) is 9.37. The SMILES string of the molecule is Cc1ccc(NC(=O)c2cccc(NS(C)(=O)=O)c2)cc1I. The molecule has 0 aliphatic heterocycles. The predicted molar refractivity (Wildman–Crippen MR) is 96.8 cm³/mol. The summed E-state index contributed by atoms with van der Waals surface area (Å²) in [6.45, 7) is 1.99. The third-order valence-corrected chi connectivity index (χ3v) is 4.63. The maximum absolute atomic E-state index is 12.2. The Labute approximate surface area is 143 Å². The molecular formula is C15H15IN2O3S. The van der Waals surface area contributed by atoms with Crippen LogP contribution in [0, 0.1) is 10.5 Å². The topological polar surface area (TPSA) is 75.3 Å². The number of carbonyl (C=O) groups is 1. The highest BCUT2D eigenvalue weighted by Gasteiger charge is 2.09. The van der Waals surface area contributed by atoms with Crippen LogP contribution in [-0.4, -0.2) is 20.6 Å². The van der Waals surface area contributed by atoms with E-state index in [-0.39, 0.29) is 5.91 Å². The molecule has 0 radical (unpaired) electrons. The first kappa shape index (κ1) is 16.8. The summed E-state index contributed by atoms with van der Waals surface area (Å²) in [5.74, 6) is -0.295. The van der Waals surface area contributed by atoms with Crippen molar-refractivity contribution in [3.8, 4) is 0 Å². The molecule has 1 amide bonds. The van der Waals surface area contributed by atoms with Crippen LogP contribution in [0.2, 0.25) is 0 Å². The van der Waals surface area contributed by atoms with Gasteiger partial charge in [-0.1, -0.05) is 12.1 Å². The summed E-state index contributed by atoms with van der Waals surface area (Å²) < 4.78 is 25.9. The quantitative estimate of drug-likeness (QED) is 0.732. The predicted octanol–water partition coefficient (Wildman–Crippen LogP) is 3.22. The van der Waals surface area contributed by atoms with E-state index in [9.17, 15) is 13.2 Å². The van der Waals surface area contributed by atoms with Gasteiger partial charge >= 0.3 is 0 Å². The second kappa shape index (κ2) is 6.66. The second-order valence-corrected chi connectivity index (χ2v) is 7.78. The van der Waals surface area contributed by atoms with Crippen LogP contribution in [0.1, 0.15) is 15.9 Å². The van der Waals surface area contributed by atoms with Crippen LogP contribution in [0.25, 0.3) is 0 Å². The van der Waals surface area contributed by atoms with E-state index in [1.165, 1.54) is 6.07 Å². The smallest absolute Gasteiger partial charge is 0.255 e. The zero-order valence-corrected chi connectivity index (χ0v) is 15.0. The van der Waals surface area contributed by atoms with Crippen molar-refractivity contribution < 1.29 is 13.2 Å². The molecule has 2 rings (SSSR count). The van der Waals surface area contributed by atoms with Crippen molar-refractivity contribution in [2.75, 3.05) is 16.3 Å². The molecule has 116 valence electrons. The van der Waals surface area contributed by atoms with Gasteiger partial charge in [-0.15, -0.1) is 0 Å². The first-order valence-electron chi connectivity index (χ1n) is 6.40. The van der Waals surface area contributed by atoms with Gasteiger partial charge in [0.05, 0.1) is 6.26 Å². The van der Waals surface area contributed by atoms with E-state index in [4.69, 9.17) is 0 Å². The minimum absolute atomic E-state index is 0.295. The normalized spacial score (nSPS) is 11.0. The van der Waals surface area contributed by atoms with Gasteiger partial charge in [0.2, 0.25) is 10.0 Å². The van der Waals surface area contributed by atoms with Crippen molar-refractivity contribution in [2.45, 2.75) is 6.92 Å². The molecule has 0 unspecified atom stereocenters. The number of sulfonamides is 1. The number of hydrogen-bond donors (Lipinski definition) is 2. The molecule has 22 heavy (non-hydrogen) atoms. The number of benzene rings is 2. The fourth-order valence-electron chi connectivity index (χ4n) is 1.81. The number of carbonyl (C=O) groups excluding carboxylic acids is 1. The monoisotopic (exact) mass is 430 g/mol. The number of hydrogen-bond acceptors (Lipinski definition) is 3. The van der Waals surface area contributed by atoms with Crippen molar-refractivity contribution in [2.24, 2.45) is 0 Å². The zero-order chi connectivity index (χ0) is 16.3. The van der Waals surface area contributed by atoms with Crippen LogP contribution in [0.15, 0.2) is 42.5 Å². The number of anilines is 2. The number of aryl methyl sites for hydroxylation is 1. The Bertz CT molecular complexity index is 819. The van der Waals surface area contributed by atoms with E-state index in [1.807, 2.05) is 25.1 Å². The van der Waals surface area contributed by atoms with Gasteiger partial charge in [0, 0.05) is 20.5 Å². The number of halogens is 1. The summed E-state index contributed by atoms with van der Waals surface area (Å²) in [5.41, 5.74) is 2.57. The minimum Gasteiger partial charge on any atom is -0.322 e. The number of nitrogens with one attached hydrogen (secondary N) is 2. The van der Waals surface area contributed by atoms with Crippen molar-refractivity contribution in [3.63, 3.8) is 0 Å². The molecule has 0 atom stereocenters. The van der Waals surface area contributed by atoms with Crippen molar-refractivity contribution in [1.29, 1.82) is 0 Å². The highest BCUT2D eigenvalue weighted by Crippen LogP contribution is 2.19. The summed E-state index contributed by atoms with van der Waals surface area (Å²) >= 11 is 2.20. The molecule has 2 aromatic carbocycles. The standard InChI is InChI=1S/C15H15IN2O3S/c1-10-6-7-12(9-14(10)16)17-15(19)11-4-3-5-13(8-11)18-22(2,20)21/h3-9,18H,1-2H3,(H,17,19). The summed E-state index contributed by atoms with van der Waals surface area (Å²) in [5, 5.41) is 2.80. The fraction of sp³-hybridized carbons (Fsp3) is 0.133. The number of amides is 1. The first-order chi connectivity index (χ1) is 10.2. The molecule has 2 N–H and O–H groups in total. The maximum atomic E-state index is 12.2. The summed E-state index contributed by atoms with van der Waals surface area (Å²) in [4.78, 5) is 12.2. The molecule has 2 aromatic rings. The van der Waals surface area contributed by atoms with Crippen LogP contribution in [0.3, 0.4) is 0 Å². The van der Waals surface area contributed by atoms with E-state index >= 15 is 0 Å². The zero-order valence-electron chi connectivity index (χ0n) is 12.1. The Balaban J connectivity index is 2.19. The molecule has 0 saturated carbocycles. The van der Waals surface area contributed by atoms with Crippen molar-refractivity contribution in [1.82, 2.24) is 0 Å². The number of rotatable bonds is 4. The molecule has 0 saturated heterocycles. The molecule has 0 aliphatic carbocycles. The Morgan fingerprint density at radius 3 is 2.45 bits per heavy atom. The molecule has 0 heterocycles. The highest BCUT2D eigenvalue weighted by atomic mass is 127. The van der Waals surface area contributed by atoms with Crippen LogP contribution < -0.4 is 10.0 Å². The van der Waals surface area contributed by atoms with E-state index in [0.717, 1.165) is 15.4 Å². The van der Waals surface area contributed by atoms with E-state index < -0.39 is 10.0 Å². The third kappa shape index (κ3) is 4.70. The van der Waals surface area contributed by atoms with Crippen LogP contribution in [-0.2, 0) is 10.0 Å². The molecule has 7 heteroatoms. The van der Waals surface area contributed by atoms with Gasteiger partial charge in [-0.3, -0.25) is 9.52 Å². The average Bonchev–Trinajstić information content (AvgIpc) is 2.41. The van der Waals surface area contributed by atoms with E-state index in [0.29, 0.717) is 16.9 Å². The summed E-state index contributed by atoms with van der Waals surface area (Å²) in [6, 6.07) is 12.0. The van der Waals surface area contributed by atoms with Gasteiger partial charge < -0.3 is 5.32 Å². The molecule has 0 fully saturated rings. The Morgan fingerprint density at radius 2 is 1.82 bits per heavy atom. The molecule has 5 nitrogen and oxygen atoms in total. The molecule has 0 spiro atoms. The lowest BCUT2D eigenvalue weighted by molar-refractivity contribution is 0.102. The van der Waals surface area contributed by atoms with Gasteiger partial charge in [-0.2, -0.15) is 0 Å². The van der Waals surface area contributed by atoms with E-state index in [2.05, 4.69) is 32.6 Å². The van der Waals surface area contributed by atoms with Crippen molar-refractivity contribution in [3.05, 3.63) is 57.2 Å². The highest BCUT2D eigenvalue weighted by molar-refractivity contribution is 14.1. The van der Waals surface area contributed by atoms with Gasteiger partial charge in [0.25, 0.3) is 5.91 Å². The third-order valence-electron chi connectivity index (χ3n) is 2.86. The Hall–Kier alpha value is -1.61. The van der Waals surface area contributed by atoms with Gasteiger partial charge in [-0.05, 0) is 65.4 Å². The van der Waals surface area contributed by atoms with Gasteiger partial charge in [-0.25, -0.2) is 8.42 Å².